The standard InChI is InChI=1S/C9H14N2O/c1-2-12-7-9(10)8-4-3-5-11-6-8/h3-6,9H,2,7,10H2,1H3. The largest absolute Gasteiger partial charge is 0.380 e. The Morgan fingerprint density at radius 2 is 2.50 bits per heavy atom. The third-order valence-corrected chi connectivity index (χ3v) is 1.61. The van der Waals surface area contributed by atoms with Gasteiger partial charge in [0.05, 0.1) is 12.6 Å². The summed E-state index contributed by atoms with van der Waals surface area (Å²) in [6.45, 7) is 3.21. The van der Waals surface area contributed by atoms with Crippen molar-refractivity contribution in [3.05, 3.63) is 30.1 Å². The van der Waals surface area contributed by atoms with Crippen LogP contribution in [0.1, 0.15) is 18.5 Å². The highest BCUT2D eigenvalue weighted by Gasteiger charge is 2.03. The van der Waals surface area contributed by atoms with E-state index in [1.54, 1.807) is 12.4 Å². The predicted octanol–water partition coefficient (Wildman–Crippen LogP) is 1.12. The van der Waals surface area contributed by atoms with E-state index in [0.717, 1.165) is 5.56 Å². The molecule has 2 N–H and O–H groups in total. The summed E-state index contributed by atoms with van der Waals surface area (Å²) < 4.78 is 5.20. The van der Waals surface area contributed by atoms with Gasteiger partial charge in [-0.15, -0.1) is 0 Å². The maximum Gasteiger partial charge on any atom is 0.0659 e. The van der Waals surface area contributed by atoms with Gasteiger partial charge in [0, 0.05) is 19.0 Å². The van der Waals surface area contributed by atoms with Gasteiger partial charge in [-0.3, -0.25) is 4.98 Å². The van der Waals surface area contributed by atoms with Crippen LogP contribution in [0.3, 0.4) is 0 Å². The molecular weight excluding hydrogens is 152 g/mol. The molecule has 0 spiro atoms. The van der Waals surface area contributed by atoms with E-state index < -0.39 is 0 Å². The van der Waals surface area contributed by atoms with Gasteiger partial charge >= 0.3 is 0 Å². The van der Waals surface area contributed by atoms with Gasteiger partial charge in [0.15, 0.2) is 0 Å². The van der Waals surface area contributed by atoms with Crippen molar-refractivity contribution in [1.82, 2.24) is 4.98 Å². The fraction of sp³-hybridized carbons (Fsp3) is 0.444. The minimum absolute atomic E-state index is 0.0568. The Labute approximate surface area is 72.6 Å². The van der Waals surface area contributed by atoms with Crippen molar-refractivity contribution < 1.29 is 4.74 Å². The summed E-state index contributed by atoms with van der Waals surface area (Å²) in [5.41, 5.74) is 6.84. The molecular formula is C9H14N2O. The van der Waals surface area contributed by atoms with Gasteiger partial charge in [-0.25, -0.2) is 0 Å². The summed E-state index contributed by atoms with van der Waals surface area (Å²) in [6.07, 6.45) is 3.50. The van der Waals surface area contributed by atoms with Crippen LogP contribution in [-0.4, -0.2) is 18.2 Å². The Morgan fingerprint density at radius 1 is 1.67 bits per heavy atom. The highest BCUT2D eigenvalue weighted by atomic mass is 16.5. The molecule has 0 bridgehead atoms. The van der Waals surface area contributed by atoms with Gasteiger partial charge in [-0.05, 0) is 18.6 Å². The number of aromatic nitrogens is 1. The van der Waals surface area contributed by atoms with Crippen LogP contribution in [-0.2, 0) is 4.74 Å². The smallest absolute Gasteiger partial charge is 0.0659 e. The average molecular weight is 166 g/mol. The van der Waals surface area contributed by atoms with Gasteiger partial charge in [0.1, 0.15) is 0 Å². The molecule has 0 aliphatic rings. The zero-order valence-corrected chi connectivity index (χ0v) is 7.23. The first kappa shape index (κ1) is 9.16. The lowest BCUT2D eigenvalue weighted by Gasteiger charge is -2.10. The van der Waals surface area contributed by atoms with E-state index in [9.17, 15) is 0 Å². The Morgan fingerprint density at radius 3 is 3.08 bits per heavy atom. The van der Waals surface area contributed by atoms with E-state index >= 15 is 0 Å². The molecule has 1 atom stereocenters. The van der Waals surface area contributed by atoms with Crippen LogP contribution in [0.15, 0.2) is 24.5 Å². The van der Waals surface area contributed by atoms with Crippen molar-refractivity contribution in [1.29, 1.82) is 0 Å². The van der Waals surface area contributed by atoms with Crippen molar-refractivity contribution >= 4 is 0 Å². The van der Waals surface area contributed by atoms with Gasteiger partial charge in [0.2, 0.25) is 0 Å². The molecule has 0 amide bonds. The van der Waals surface area contributed by atoms with E-state index in [2.05, 4.69) is 4.98 Å². The summed E-state index contributed by atoms with van der Waals surface area (Å²) in [6, 6.07) is 3.77. The number of hydrogen-bond acceptors (Lipinski definition) is 3. The maximum absolute atomic E-state index is 5.82. The summed E-state index contributed by atoms with van der Waals surface area (Å²) in [5, 5.41) is 0. The van der Waals surface area contributed by atoms with E-state index in [1.807, 2.05) is 19.1 Å². The van der Waals surface area contributed by atoms with Crippen LogP contribution in [0.5, 0.6) is 0 Å². The topological polar surface area (TPSA) is 48.1 Å². The number of pyridine rings is 1. The highest BCUT2D eigenvalue weighted by Crippen LogP contribution is 2.07. The zero-order valence-electron chi connectivity index (χ0n) is 7.23. The second-order valence-electron chi connectivity index (χ2n) is 2.55. The lowest BCUT2D eigenvalue weighted by atomic mass is 10.1. The van der Waals surface area contributed by atoms with Gasteiger partial charge in [-0.1, -0.05) is 6.07 Å². The van der Waals surface area contributed by atoms with Crippen LogP contribution < -0.4 is 5.73 Å². The molecule has 1 unspecified atom stereocenters. The van der Waals surface area contributed by atoms with E-state index in [0.29, 0.717) is 13.2 Å². The molecule has 1 aromatic rings. The van der Waals surface area contributed by atoms with E-state index in [4.69, 9.17) is 10.5 Å². The quantitative estimate of drug-likeness (QED) is 0.729. The fourth-order valence-electron chi connectivity index (χ4n) is 0.936. The van der Waals surface area contributed by atoms with Crippen molar-refractivity contribution in [3.8, 4) is 0 Å². The second kappa shape index (κ2) is 4.85. The first-order valence-electron chi connectivity index (χ1n) is 4.08. The number of hydrogen-bond donors (Lipinski definition) is 1. The number of nitrogens with two attached hydrogens (primary N) is 1. The van der Waals surface area contributed by atoms with Crippen molar-refractivity contribution in [2.45, 2.75) is 13.0 Å². The number of rotatable bonds is 4. The molecule has 1 heterocycles. The van der Waals surface area contributed by atoms with Gasteiger partial charge in [0.25, 0.3) is 0 Å². The molecule has 1 aromatic heterocycles. The number of ether oxygens (including phenoxy) is 1. The predicted molar refractivity (Wildman–Crippen MR) is 47.7 cm³/mol. The minimum atomic E-state index is -0.0568. The first-order chi connectivity index (χ1) is 5.84. The molecule has 0 saturated heterocycles. The lowest BCUT2D eigenvalue weighted by molar-refractivity contribution is 0.133. The molecule has 66 valence electrons. The SMILES string of the molecule is CCOCC(N)c1cccnc1. The Hall–Kier alpha value is -0.930. The van der Waals surface area contributed by atoms with Crippen LogP contribution in [0.4, 0.5) is 0 Å². The summed E-state index contributed by atoms with van der Waals surface area (Å²) in [7, 11) is 0. The highest BCUT2D eigenvalue weighted by molar-refractivity contribution is 5.12. The van der Waals surface area contributed by atoms with E-state index in [-0.39, 0.29) is 6.04 Å². The Balaban J connectivity index is 2.48. The van der Waals surface area contributed by atoms with Crippen LogP contribution in [0.2, 0.25) is 0 Å². The van der Waals surface area contributed by atoms with Crippen LogP contribution >= 0.6 is 0 Å². The summed E-state index contributed by atoms with van der Waals surface area (Å²) >= 11 is 0. The molecule has 0 radical (unpaired) electrons. The Kier molecular flexibility index (Phi) is 3.70. The molecule has 0 fully saturated rings. The molecule has 12 heavy (non-hydrogen) atoms. The van der Waals surface area contributed by atoms with Crippen molar-refractivity contribution in [2.75, 3.05) is 13.2 Å². The Bertz CT molecular complexity index is 213. The molecule has 1 rings (SSSR count). The minimum Gasteiger partial charge on any atom is -0.380 e. The second-order valence-corrected chi connectivity index (χ2v) is 2.55. The molecule has 0 aliphatic carbocycles. The van der Waals surface area contributed by atoms with Crippen LogP contribution in [0, 0.1) is 0 Å². The monoisotopic (exact) mass is 166 g/mol. The zero-order chi connectivity index (χ0) is 8.81. The number of nitrogens with zero attached hydrogens (tertiary/aromatic N) is 1. The third-order valence-electron chi connectivity index (χ3n) is 1.61. The normalized spacial score (nSPS) is 12.8. The molecule has 0 aromatic carbocycles. The molecule has 3 nitrogen and oxygen atoms in total. The average Bonchev–Trinajstić information content (AvgIpc) is 2.15. The third kappa shape index (κ3) is 2.60. The fourth-order valence-corrected chi connectivity index (χ4v) is 0.936. The molecule has 3 heteroatoms. The van der Waals surface area contributed by atoms with Crippen molar-refractivity contribution in [3.63, 3.8) is 0 Å². The maximum atomic E-state index is 5.82. The summed E-state index contributed by atoms with van der Waals surface area (Å²) in [5.74, 6) is 0. The molecule has 0 aliphatic heterocycles. The first-order valence-corrected chi connectivity index (χ1v) is 4.08. The van der Waals surface area contributed by atoms with Crippen molar-refractivity contribution in [2.24, 2.45) is 5.73 Å². The van der Waals surface area contributed by atoms with E-state index in [1.165, 1.54) is 0 Å². The van der Waals surface area contributed by atoms with Gasteiger partial charge in [-0.2, -0.15) is 0 Å². The summed E-state index contributed by atoms with van der Waals surface area (Å²) in [4.78, 5) is 3.98. The van der Waals surface area contributed by atoms with Gasteiger partial charge < -0.3 is 10.5 Å². The molecule has 0 saturated carbocycles. The lowest BCUT2D eigenvalue weighted by Crippen LogP contribution is -2.17. The van der Waals surface area contributed by atoms with Crippen LogP contribution in [0.25, 0.3) is 0 Å².